The van der Waals surface area contributed by atoms with Crippen molar-refractivity contribution in [3.8, 4) is 34.1 Å². The van der Waals surface area contributed by atoms with Crippen LogP contribution in [0.2, 0.25) is 0 Å². The Hall–Kier alpha value is -4.62. The van der Waals surface area contributed by atoms with Gasteiger partial charge in [-0.3, -0.25) is 4.79 Å². The second-order valence-corrected chi connectivity index (χ2v) is 10.9. The van der Waals surface area contributed by atoms with E-state index in [4.69, 9.17) is 32.8 Å². The Morgan fingerprint density at radius 1 is 0.889 bits per heavy atom. The van der Waals surface area contributed by atoms with E-state index in [1.54, 1.807) is 45.2 Å². The molecule has 0 saturated carbocycles. The fourth-order valence-electron chi connectivity index (χ4n) is 5.40. The summed E-state index contributed by atoms with van der Waals surface area (Å²) in [5.74, 6) is 0.802. The van der Waals surface area contributed by atoms with Crippen LogP contribution in [-0.4, -0.2) is 74.8 Å². The van der Waals surface area contributed by atoms with Gasteiger partial charge in [0.1, 0.15) is 35.5 Å². The molecule has 1 aliphatic rings. The van der Waals surface area contributed by atoms with E-state index in [0.717, 1.165) is 5.56 Å². The molecule has 1 amide bonds. The Kier molecular flexibility index (Phi) is 9.03. The van der Waals surface area contributed by atoms with Gasteiger partial charge in [0.2, 0.25) is 12.0 Å². The van der Waals surface area contributed by atoms with Crippen LogP contribution in [0.5, 0.6) is 23.0 Å². The molecule has 12 nitrogen and oxygen atoms in total. The van der Waals surface area contributed by atoms with E-state index in [-0.39, 0.29) is 28.3 Å². The number of ether oxygens (including phenoxy) is 6. The average molecular weight is 622 g/mol. The first-order chi connectivity index (χ1) is 21.5. The van der Waals surface area contributed by atoms with Crippen LogP contribution in [0.4, 0.5) is 5.69 Å². The molecule has 1 saturated heterocycles. The van der Waals surface area contributed by atoms with Gasteiger partial charge in [0.15, 0.2) is 11.3 Å². The van der Waals surface area contributed by atoms with Crippen molar-refractivity contribution in [2.75, 3.05) is 33.8 Å². The third-order valence-electron chi connectivity index (χ3n) is 7.66. The van der Waals surface area contributed by atoms with Gasteiger partial charge in [-0.1, -0.05) is 12.1 Å². The van der Waals surface area contributed by atoms with Crippen molar-refractivity contribution in [2.45, 2.75) is 44.1 Å². The lowest BCUT2D eigenvalue weighted by Gasteiger charge is -2.46. The van der Waals surface area contributed by atoms with Gasteiger partial charge in [-0.15, -0.1) is 0 Å². The molecule has 1 fully saturated rings. The second-order valence-electron chi connectivity index (χ2n) is 10.9. The maximum atomic E-state index is 13.3. The van der Waals surface area contributed by atoms with E-state index >= 15 is 0 Å². The number of fused-ring (bicyclic) bond motifs is 1. The fraction of sp³-hybridized carbons (Fsp3) is 0.333. The third-order valence-corrected chi connectivity index (χ3v) is 7.66. The van der Waals surface area contributed by atoms with Crippen molar-refractivity contribution < 1.29 is 47.8 Å². The molecule has 238 valence electrons. The monoisotopic (exact) mass is 621 g/mol. The van der Waals surface area contributed by atoms with Crippen LogP contribution in [0.1, 0.15) is 24.2 Å². The average Bonchev–Trinajstić information content (AvgIpc) is 3.03. The summed E-state index contributed by atoms with van der Waals surface area (Å²) in [5, 5.41) is 24.3. The van der Waals surface area contributed by atoms with Crippen LogP contribution in [0.25, 0.3) is 22.1 Å². The number of rotatable bonds is 9. The highest BCUT2D eigenvalue weighted by atomic mass is 16.7. The largest absolute Gasteiger partial charge is 0.497 e. The summed E-state index contributed by atoms with van der Waals surface area (Å²) in [5.41, 5.74) is -0.166. The Balaban J connectivity index is 1.42. The van der Waals surface area contributed by atoms with E-state index in [0.29, 0.717) is 22.4 Å². The van der Waals surface area contributed by atoms with Gasteiger partial charge in [0.25, 0.3) is 5.91 Å². The number of hydrogen-bond donors (Lipinski definition) is 3. The number of benzene rings is 3. The molecule has 0 radical (unpaired) electrons. The highest BCUT2D eigenvalue weighted by Gasteiger charge is 2.50. The van der Waals surface area contributed by atoms with Crippen molar-refractivity contribution in [1.29, 1.82) is 0 Å². The summed E-state index contributed by atoms with van der Waals surface area (Å²) in [6.07, 6.45) is -4.83. The number of aliphatic hydroxyl groups is 2. The van der Waals surface area contributed by atoms with E-state index in [1.165, 1.54) is 33.5 Å². The quantitative estimate of drug-likeness (QED) is 0.232. The van der Waals surface area contributed by atoms with Gasteiger partial charge in [-0.2, -0.15) is 0 Å². The lowest BCUT2D eigenvalue weighted by molar-refractivity contribution is -0.306. The van der Waals surface area contributed by atoms with Gasteiger partial charge < -0.3 is 48.4 Å². The van der Waals surface area contributed by atoms with Crippen molar-refractivity contribution in [1.82, 2.24) is 0 Å². The van der Waals surface area contributed by atoms with Crippen LogP contribution < -0.4 is 29.9 Å². The minimum absolute atomic E-state index is 0.0441. The van der Waals surface area contributed by atoms with E-state index < -0.39 is 41.7 Å². The first-order valence-corrected chi connectivity index (χ1v) is 14.0. The van der Waals surface area contributed by atoms with Crippen LogP contribution >= 0.6 is 0 Å². The number of carbonyl (C=O) groups is 1. The van der Waals surface area contributed by atoms with Crippen LogP contribution in [-0.2, 0) is 9.47 Å². The van der Waals surface area contributed by atoms with Gasteiger partial charge in [-0.05, 0) is 67.9 Å². The molecule has 0 bridgehead atoms. The maximum Gasteiger partial charge on any atom is 0.360 e. The second kappa shape index (κ2) is 12.8. The Bertz CT molecular complexity index is 1770. The Morgan fingerprint density at radius 3 is 2.33 bits per heavy atom. The minimum atomic E-state index is -1.45. The van der Waals surface area contributed by atoms with Crippen molar-refractivity contribution in [3.05, 3.63) is 76.6 Å². The van der Waals surface area contributed by atoms with E-state index in [2.05, 4.69) is 5.32 Å². The lowest BCUT2D eigenvalue weighted by Crippen LogP contribution is -2.63. The molecule has 1 aromatic heterocycles. The molecule has 5 rings (SSSR count). The van der Waals surface area contributed by atoms with Crippen molar-refractivity contribution in [2.24, 2.45) is 0 Å². The van der Waals surface area contributed by atoms with Crippen LogP contribution in [0.3, 0.4) is 0 Å². The molecule has 0 spiro atoms. The predicted octanol–water partition coefficient (Wildman–Crippen LogP) is 3.99. The number of nitrogens with one attached hydrogen (secondary N) is 1. The molecule has 0 aliphatic carbocycles. The summed E-state index contributed by atoms with van der Waals surface area (Å²) >= 11 is 0. The number of aliphatic hydroxyl groups excluding tert-OH is 2. The normalized spacial score (nSPS) is 20.8. The smallest absolute Gasteiger partial charge is 0.360 e. The molecular formula is C33H35NO11. The Labute approximate surface area is 259 Å². The molecule has 12 heteroatoms. The summed E-state index contributed by atoms with van der Waals surface area (Å²) in [7, 11) is 5.87. The van der Waals surface area contributed by atoms with E-state index in [1.807, 2.05) is 24.3 Å². The summed E-state index contributed by atoms with van der Waals surface area (Å²) in [6, 6.07) is 16.8. The molecule has 3 N–H and O–H groups in total. The molecule has 1 unspecified atom stereocenters. The molecule has 45 heavy (non-hydrogen) atoms. The molecule has 3 aromatic carbocycles. The summed E-state index contributed by atoms with van der Waals surface area (Å²) < 4.78 is 39.0. The number of hydrogen-bond acceptors (Lipinski definition) is 11. The minimum Gasteiger partial charge on any atom is -0.497 e. The first kappa shape index (κ1) is 31.8. The SMILES string of the molecule is COc1cccc(-c2cc(C(=O)Nc3cc4ccc(O[C@@H]5OC(C)(C)[C@H](OC)C(O)[C@@H]5O)c(OC)c4oc3=O)ccc2OC)c1. The third kappa shape index (κ3) is 6.18. The standard InChI is InChI=1S/C33H35NO11/c1-33(2)29(42-6)25(35)26(36)32(45-33)43-24-13-10-18-16-22(31(38)44-27(18)28(24)41-5)34-30(37)19-11-12-23(40-4)21(15-19)17-8-7-9-20(14-17)39-3/h7-16,25-26,29,32,35-36H,1-6H3,(H,34,37)/t25?,26-,29+,32+/m0/s1. The summed E-state index contributed by atoms with van der Waals surface area (Å²) in [4.78, 5) is 26.3. The van der Waals surface area contributed by atoms with Gasteiger partial charge >= 0.3 is 5.63 Å². The number of carbonyl (C=O) groups excluding carboxylic acids is 1. The van der Waals surface area contributed by atoms with Crippen molar-refractivity contribution in [3.63, 3.8) is 0 Å². The molecule has 4 aromatic rings. The highest BCUT2D eigenvalue weighted by Crippen LogP contribution is 2.39. The molecule has 2 heterocycles. The number of methoxy groups -OCH3 is 4. The maximum absolute atomic E-state index is 13.3. The highest BCUT2D eigenvalue weighted by molar-refractivity contribution is 6.06. The zero-order valence-corrected chi connectivity index (χ0v) is 25.7. The number of anilines is 1. The zero-order chi connectivity index (χ0) is 32.5. The Morgan fingerprint density at radius 2 is 1.64 bits per heavy atom. The zero-order valence-electron chi connectivity index (χ0n) is 25.7. The van der Waals surface area contributed by atoms with Crippen LogP contribution in [0, 0.1) is 0 Å². The summed E-state index contributed by atoms with van der Waals surface area (Å²) in [6.45, 7) is 3.40. The predicted molar refractivity (Wildman–Crippen MR) is 164 cm³/mol. The van der Waals surface area contributed by atoms with E-state index in [9.17, 15) is 19.8 Å². The van der Waals surface area contributed by atoms with Gasteiger partial charge in [-0.25, -0.2) is 4.79 Å². The molecular weight excluding hydrogens is 586 g/mol. The molecule has 1 aliphatic heterocycles. The van der Waals surface area contributed by atoms with Crippen molar-refractivity contribution >= 4 is 22.6 Å². The fourth-order valence-corrected chi connectivity index (χ4v) is 5.40. The van der Waals surface area contributed by atoms with Gasteiger partial charge in [0.05, 0.1) is 26.9 Å². The lowest BCUT2D eigenvalue weighted by atomic mass is 9.89. The molecule has 4 atom stereocenters. The topological polar surface area (TPSA) is 155 Å². The number of amides is 1. The van der Waals surface area contributed by atoms with Gasteiger partial charge in [0, 0.05) is 23.6 Å². The van der Waals surface area contributed by atoms with Crippen LogP contribution in [0.15, 0.2) is 69.9 Å². The first-order valence-electron chi connectivity index (χ1n) is 14.0.